The molecule has 1 fully saturated rings. The minimum Gasteiger partial charge on any atom is -0.460 e. The Morgan fingerprint density at radius 1 is 1.40 bits per heavy atom. The third kappa shape index (κ3) is 5.17. The number of ether oxygens (including phenoxy) is 1. The summed E-state index contributed by atoms with van der Waals surface area (Å²) in [4.78, 5) is 11.6. The van der Waals surface area contributed by atoms with Crippen LogP contribution in [0.4, 0.5) is 0 Å². The highest BCUT2D eigenvalue weighted by molar-refractivity contribution is 5.70. The van der Waals surface area contributed by atoms with Crippen LogP contribution in [0.3, 0.4) is 0 Å². The Morgan fingerprint density at radius 3 is 2.60 bits per heavy atom. The normalized spacial score (nSPS) is 27.5. The van der Waals surface area contributed by atoms with Gasteiger partial charge in [0, 0.05) is 12.5 Å². The van der Waals surface area contributed by atoms with E-state index in [1.165, 1.54) is 0 Å². The second-order valence-electron chi connectivity index (χ2n) is 5.58. The van der Waals surface area contributed by atoms with E-state index in [-0.39, 0.29) is 17.6 Å². The van der Waals surface area contributed by atoms with Crippen LogP contribution >= 0.6 is 0 Å². The summed E-state index contributed by atoms with van der Waals surface area (Å²) in [5, 5.41) is 0. The predicted molar refractivity (Wildman–Crippen MR) is 60.4 cm³/mol. The van der Waals surface area contributed by atoms with E-state index in [0.717, 1.165) is 25.7 Å². The Morgan fingerprint density at radius 2 is 2.07 bits per heavy atom. The number of rotatable bonds is 2. The molecule has 0 amide bonds. The van der Waals surface area contributed by atoms with Gasteiger partial charge in [0.25, 0.3) is 0 Å². The molecule has 0 bridgehead atoms. The largest absolute Gasteiger partial charge is 0.460 e. The van der Waals surface area contributed by atoms with Gasteiger partial charge in [-0.2, -0.15) is 0 Å². The topological polar surface area (TPSA) is 52.3 Å². The molecule has 15 heavy (non-hydrogen) atoms. The first-order valence-electron chi connectivity index (χ1n) is 5.84. The zero-order valence-corrected chi connectivity index (χ0v) is 10.1. The molecule has 0 heterocycles. The number of carbonyl (C=O) groups is 1. The summed E-state index contributed by atoms with van der Waals surface area (Å²) in [5.41, 5.74) is 5.51. The molecule has 3 heteroatoms. The Hall–Kier alpha value is -0.570. The number of carbonyl (C=O) groups excluding carboxylic acids is 1. The van der Waals surface area contributed by atoms with Crippen molar-refractivity contribution < 1.29 is 9.53 Å². The van der Waals surface area contributed by atoms with Crippen molar-refractivity contribution in [3.8, 4) is 0 Å². The molecule has 0 radical (unpaired) electrons. The molecule has 0 aromatic carbocycles. The standard InChI is InChI=1S/C12H23NO2/c1-12(2,3)15-11(14)8-9-5-4-6-10(13)7-9/h9-10H,4-8,13H2,1-3H3. The van der Waals surface area contributed by atoms with Crippen LogP contribution in [0.25, 0.3) is 0 Å². The SMILES string of the molecule is CC(C)(C)OC(=O)CC1CCCC(N)C1. The van der Waals surface area contributed by atoms with E-state index in [0.29, 0.717) is 12.3 Å². The molecule has 1 saturated carbocycles. The molecule has 2 N–H and O–H groups in total. The van der Waals surface area contributed by atoms with E-state index in [9.17, 15) is 4.79 Å². The molecule has 2 unspecified atom stereocenters. The zero-order chi connectivity index (χ0) is 11.5. The quantitative estimate of drug-likeness (QED) is 0.716. The summed E-state index contributed by atoms with van der Waals surface area (Å²) in [5.74, 6) is 0.352. The maximum Gasteiger partial charge on any atom is 0.306 e. The van der Waals surface area contributed by atoms with Crippen molar-refractivity contribution in [2.75, 3.05) is 0 Å². The average molecular weight is 213 g/mol. The lowest BCUT2D eigenvalue weighted by Crippen LogP contribution is -2.31. The van der Waals surface area contributed by atoms with Crippen molar-refractivity contribution in [2.24, 2.45) is 11.7 Å². The number of hydrogen-bond acceptors (Lipinski definition) is 3. The molecule has 1 aliphatic rings. The van der Waals surface area contributed by atoms with Crippen molar-refractivity contribution in [1.82, 2.24) is 0 Å². The third-order valence-corrected chi connectivity index (χ3v) is 2.70. The van der Waals surface area contributed by atoms with Crippen LogP contribution < -0.4 is 5.73 Å². The van der Waals surface area contributed by atoms with Crippen molar-refractivity contribution in [3.05, 3.63) is 0 Å². The highest BCUT2D eigenvalue weighted by Crippen LogP contribution is 2.26. The van der Waals surface area contributed by atoms with E-state index in [2.05, 4.69) is 0 Å². The Kier molecular flexibility index (Phi) is 4.14. The summed E-state index contributed by atoms with van der Waals surface area (Å²) in [6, 6.07) is 0.284. The monoisotopic (exact) mass is 213 g/mol. The van der Waals surface area contributed by atoms with Crippen molar-refractivity contribution in [3.63, 3.8) is 0 Å². The first-order chi connectivity index (χ1) is 6.87. The van der Waals surface area contributed by atoms with Gasteiger partial charge < -0.3 is 10.5 Å². The lowest BCUT2D eigenvalue weighted by Gasteiger charge is -2.27. The van der Waals surface area contributed by atoms with Gasteiger partial charge in [0.05, 0.1) is 0 Å². The summed E-state index contributed by atoms with van der Waals surface area (Å²) >= 11 is 0. The molecule has 1 aliphatic carbocycles. The Labute approximate surface area is 92.4 Å². The van der Waals surface area contributed by atoms with Gasteiger partial charge in [-0.25, -0.2) is 0 Å². The molecule has 2 atom stereocenters. The van der Waals surface area contributed by atoms with Gasteiger partial charge in [0.2, 0.25) is 0 Å². The number of hydrogen-bond donors (Lipinski definition) is 1. The van der Waals surface area contributed by atoms with Crippen LogP contribution in [0.1, 0.15) is 52.9 Å². The summed E-state index contributed by atoms with van der Waals surface area (Å²) in [7, 11) is 0. The highest BCUT2D eigenvalue weighted by atomic mass is 16.6. The molecule has 0 aromatic heterocycles. The van der Waals surface area contributed by atoms with Crippen LogP contribution in [0.5, 0.6) is 0 Å². The lowest BCUT2D eigenvalue weighted by atomic mass is 9.84. The van der Waals surface area contributed by atoms with Crippen molar-refractivity contribution >= 4 is 5.97 Å². The molecular formula is C12H23NO2. The summed E-state index contributed by atoms with van der Waals surface area (Å²) < 4.78 is 5.30. The minimum absolute atomic E-state index is 0.0819. The van der Waals surface area contributed by atoms with Gasteiger partial charge in [-0.1, -0.05) is 6.42 Å². The Bertz CT molecular complexity index is 220. The van der Waals surface area contributed by atoms with Gasteiger partial charge in [-0.05, 0) is 46.0 Å². The molecule has 0 aromatic rings. The van der Waals surface area contributed by atoms with Gasteiger partial charge in [0.1, 0.15) is 5.60 Å². The molecular weight excluding hydrogens is 190 g/mol. The van der Waals surface area contributed by atoms with E-state index >= 15 is 0 Å². The molecule has 88 valence electrons. The van der Waals surface area contributed by atoms with Crippen molar-refractivity contribution in [1.29, 1.82) is 0 Å². The summed E-state index contributed by atoms with van der Waals surface area (Å²) in [6.07, 6.45) is 4.87. The van der Waals surface area contributed by atoms with Gasteiger partial charge in [-0.15, -0.1) is 0 Å². The zero-order valence-electron chi connectivity index (χ0n) is 10.1. The maximum absolute atomic E-state index is 11.6. The highest BCUT2D eigenvalue weighted by Gasteiger charge is 2.24. The number of esters is 1. The maximum atomic E-state index is 11.6. The van der Waals surface area contributed by atoms with Gasteiger partial charge in [0.15, 0.2) is 0 Å². The van der Waals surface area contributed by atoms with E-state index < -0.39 is 0 Å². The van der Waals surface area contributed by atoms with Crippen LogP contribution in [0.15, 0.2) is 0 Å². The van der Waals surface area contributed by atoms with E-state index in [4.69, 9.17) is 10.5 Å². The Balaban J connectivity index is 2.31. The molecule has 0 saturated heterocycles. The number of nitrogens with two attached hydrogens (primary N) is 1. The molecule has 0 spiro atoms. The smallest absolute Gasteiger partial charge is 0.306 e. The third-order valence-electron chi connectivity index (χ3n) is 2.70. The fourth-order valence-electron chi connectivity index (χ4n) is 2.14. The first kappa shape index (κ1) is 12.5. The molecule has 1 rings (SSSR count). The van der Waals surface area contributed by atoms with Crippen LogP contribution in [0.2, 0.25) is 0 Å². The van der Waals surface area contributed by atoms with Crippen molar-refractivity contribution in [2.45, 2.75) is 64.5 Å². The molecule has 0 aliphatic heterocycles. The van der Waals surface area contributed by atoms with E-state index in [1.54, 1.807) is 0 Å². The predicted octanol–water partition coefficient (Wildman–Crippen LogP) is 2.24. The second kappa shape index (κ2) is 4.97. The lowest BCUT2D eigenvalue weighted by molar-refractivity contribution is -0.156. The van der Waals surface area contributed by atoms with Gasteiger partial charge in [-0.3, -0.25) is 4.79 Å². The second-order valence-corrected chi connectivity index (χ2v) is 5.58. The average Bonchev–Trinajstić information content (AvgIpc) is 1.99. The van der Waals surface area contributed by atoms with Crippen LogP contribution in [0, 0.1) is 5.92 Å². The van der Waals surface area contributed by atoms with E-state index in [1.807, 2.05) is 20.8 Å². The fraction of sp³-hybridized carbons (Fsp3) is 0.917. The summed E-state index contributed by atoms with van der Waals surface area (Å²) in [6.45, 7) is 5.70. The van der Waals surface area contributed by atoms with Crippen LogP contribution in [-0.4, -0.2) is 17.6 Å². The molecule has 3 nitrogen and oxygen atoms in total. The van der Waals surface area contributed by atoms with Gasteiger partial charge >= 0.3 is 5.97 Å². The first-order valence-corrected chi connectivity index (χ1v) is 5.84. The van der Waals surface area contributed by atoms with Crippen LogP contribution in [-0.2, 0) is 9.53 Å². The fourth-order valence-corrected chi connectivity index (χ4v) is 2.14. The minimum atomic E-state index is -0.367.